The minimum Gasteiger partial charge on any atom is -0.461 e. The zero-order chi connectivity index (χ0) is 16.9. The summed E-state index contributed by atoms with van der Waals surface area (Å²) in [6.07, 6.45) is 5.50. The van der Waals surface area contributed by atoms with Gasteiger partial charge in [-0.1, -0.05) is 12.8 Å². The number of carbonyl (C=O) groups excluding carboxylic acids is 3. The summed E-state index contributed by atoms with van der Waals surface area (Å²) in [7, 11) is 0. The van der Waals surface area contributed by atoms with Gasteiger partial charge in [0.05, 0.1) is 17.7 Å². The number of amides is 2. The SMILES string of the molecule is O=C(NCc1ccc(C(=O)c2ccco2)s1)C(=O)NC1CCCC1. The standard InChI is InChI=1S/C17H18N2O4S/c20-15(13-6-3-9-23-13)14-8-7-12(24-14)10-18-16(21)17(22)19-11-4-1-2-5-11/h3,6-9,11H,1-2,4-5,10H2,(H,18,21)(H,19,22). The van der Waals surface area contributed by atoms with E-state index in [0.29, 0.717) is 4.88 Å². The zero-order valence-electron chi connectivity index (χ0n) is 13.0. The molecule has 0 radical (unpaired) electrons. The van der Waals surface area contributed by atoms with Crippen molar-refractivity contribution in [2.45, 2.75) is 38.3 Å². The molecule has 126 valence electrons. The maximum Gasteiger partial charge on any atom is 0.309 e. The molecule has 0 bridgehead atoms. The van der Waals surface area contributed by atoms with Crippen LogP contribution >= 0.6 is 11.3 Å². The summed E-state index contributed by atoms with van der Waals surface area (Å²) in [5.41, 5.74) is 0. The Morgan fingerprint density at radius 3 is 2.62 bits per heavy atom. The van der Waals surface area contributed by atoms with E-state index >= 15 is 0 Å². The fourth-order valence-corrected chi connectivity index (χ4v) is 3.59. The van der Waals surface area contributed by atoms with Crippen molar-refractivity contribution in [3.05, 3.63) is 46.0 Å². The van der Waals surface area contributed by atoms with Gasteiger partial charge in [0.15, 0.2) is 5.76 Å². The number of rotatable bonds is 5. The predicted molar refractivity (Wildman–Crippen MR) is 88.7 cm³/mol. The average molecular weight is 346 g/mol. The van der Waals surface area contributed by atoms with Crippen molar-refractivity contribution in [2.75, 3.05) is 0 Å². The van der Waals surface area contributed by atoms with E-state index in [2.05, 4.69) is 10.6 Å². The van der Waals surface area contributed by atoms with Crippen molar-refractivity contribution in [1.29, 1.82) is 0 Å². The summed E-state index contributed by atoms with van der Waals surface area (Å²) in [6.45, 7) is 0.215. The second-order valence-electron chi connectivity index (χ2n) is 5.71. The summed E-state index contributed by atoms with van der Waals surface area (Å²) in [5, 5.41) is 5.33. The van der Waals surface area contributed by atoms with E-state index in [-0.39, 0.29) is 24.1 Å². The van der Waals surface area contributed by atoms with Crippen molar-refractivity contribution in [1.82, 2.24) is 10.6 Å². The van der Waals surface area contributed by atoms with Crippen molar-refractivity contribution in [3.63, 3.8) is 0 Å². The number of hydrogen-bond acceptors (Lipinski definition) is 5. The number of carbonyl (C=O) groups is 3. The van der Waals surface area contributed by atoms with Crippen molar-refractivity contribution >= 4 is 28.9 Å². The maximum atomic E-state index is 12.1. The number of ketones is 1. The molecule has 6 nitrogen and oxygen atoms in total. The number of nitrogens with one attached hydrogen (secondary N) is 2. The Kier molecular flexibility index (Phi) is 5.10. The number of hydrogen-bond donors (Lipinski definition) is 2. The molecule has 1 aliphatic rings. The highest BCUT2D eigenvalue weighted by Crippen LogP contribution is 2.20. The van der Waals surface area contributed by atoms with Crippen LogP contribution in [0.3, 0.4) is 0 Å². The van der Waals surface area contributed by atoms with Gasteiger partial charge in [0.25, 0.3) is 0 Å². The molecule has 2 amide bonds. The van der Waals surface area contributed by atoms with Gasteiger partial charge in [-0.05, 0) is 37.1 Å². The highest BCUT2D eigenvalue weighted by molar-refractivity contribution is 7.14. The summed E-state index contributed by atoms with van der Waals surface area (Å²) < 4.78 is 5.09. The topological polar surface area (TPSA) is 88.4 Å². The average Bonchev–Trinajstić information content (AvgIpc) is 3.33. The summed E-state index contributed by atoms with van der Waals surface area (Å²) >= 11 is 1.27. The third-order valence-corrected chi connectivity index (χ3v) is 5.03. The quantitative estimate of drug-likeness (QED) is 0.642. The van der Waals surface area contributed by atoms with E-state index in [9.17, 15) is 14.4 Å². The van der Waals surface area contributed by atoms with Crippen LogP contribution in [0.4, 0.5) is 0 Å². The molecular formula is C17H18N2O4S. The first-order valence-electron chi connectivity index (χ1n) is 7.89. The lowest BCUT2D eigenvalue weighted by Gasteiger charge is -2.11. The fraction of sp³-hybridized carbons (Fsp3) is 0.353. The Bertz CT molecular complexity index is 730. The lowest BCUT2D eigenvalue weighted by molar-refractivity contribution is -0.139. The molecule has 2 N–H and O–H groups in total. The first kappa shape index (κ1) is 16.4. The largest absolute Gasteiger partial charge is 0.461 e. The normalized spacial score (nSPS) is 14.5. The van der Waals surface area contributed by atoms with Crippen LogP contribution in [0.15, 0.2) is 34.9 Å². The molecule has 1 saturated carbocycles. The van der Waals surface area contributed by atoms with Crippen LogP contribution in [0, 0.1) is 0 Å². The van der Waals surface area contributed by atoms with Crippen molar-refractivity contribution in [2.24, 2.45) is 0 Å². The van der Waals surface area contributed by atoms with Gasteiger partial charge in [0, 0.05) is 10.9 Å². The Labute approximate surface area is 143 Å². The molecule has 0 aromatic carbocycles. The molecule has 1 fully saturated rings. The molecule has 0 saturated heterocycles. The Hall–Kier alpha value is -2.41. The second-order valence-corrected chi connectivity index (χ2v) is 6.88. The monoisotopic (exact) mass is 346 g/mol. The zero-order valence-corrected chi connectivity index (χ0v) is 13.9. The lowest BCUT2D eigenvalue weighted by Crippen LogP contribution is -2.43. The number of thiophene rings is 1. The van der Waals surface area contributed by atoms with Gasteiger partial charge < -0.3 is 15.1 Å². The molecule has 2 aromatic heterocycles. The predicted octanol–water partition coefficient (Wildman–Crippen LogP) is 2.25. The molecular weight excluding hydrogens is 328 g/mol. The van der Waals surface area contributed by atoms with E-state index in [1.165, 1.54) is 17.6 Å². The Balaban J connectivity index is 1.50. The molecule has 0 aliphatic heterocycles. The Morgan fingerprint density at radius 2 is 1.92 bits per heavy atom. The third kappa shape index (κ3) is 3.91. The van der Waals surface area contributed by atoms with E-state index in [0.717, 1.165) is 30.6 Å². The van der Waals surface area contributed by atoms with Gasteiger partial charge in [-0.3, -0.25) is 14.4 Å². The van der Waals surface area contributed by atoms with E-state index < -0.39 is 11.8 Å². The van der Waals surface area contributed by atoms with Crippen molar-refractivity contribution in [3.8, 4) is 0 Å². The first-order chi connectivity index (χ1) is 11.6. The Morgan fingerprint density at radius 1 is 1.12 bits per heavy atom. The molecule has 7 heteroatoms. The smallest absolute Gasteiger partial charge is 0.309 e. The lowest BCUT2D eigenvalue weighted by atomic mass is 10.2. The van der Waals surface area contributed by atoms with Crippen LogP contribution in [0.2, 0.25) is 0 Å². The summed E-state index contributed by atoms with van der Waals surface area (Å²) in [5.74, 6) is -1.15. The number of furan rings is 1. The summed E-state index contributed by atoms with van der Waals surface area (Å²) in [6, 6.07) is 6.83. The van der Waals surface area contributed by atoms with Gasteiger partial charge in [-0.15, -0.1) is 11.3 Å². The van der Waals surface area contributed by atoms with Crippen LogP contribution in [-0.2, 0) is 16.1 Å². The van der Waals surface area contributed by atoms with Crippen LogP contribution < -0.4 is 10.6 Å². The molecule has 0 atom stereocenters. The molecule has 24 heavy (non-hydrogen) atoms. The van der Waals surface area contributed by atoms with Crippen LogP contribution in [0.5, 0.6) is 0 Å². The fourth-order valence-electron chi connectivity index (χ4n) is 2.69. The van der Waals surface area contributed by atoms with Gasteiger partial charge in [0.1, 0.15) is 0 Å². The van der Waals surface area contributed by atoms with Crippen LogP contribution in [0.1, 0.15) is 46.0 Å². The first-order valence-corrected chi connectivity index (χ1v) is 8.71. The van der Waals surface area contributed by atoms with E-state index in [4.69, 9.17) is 4.42 Å². The minimum atomic E-state index is -0.644. The van der Waals surface area contributed by atoms with E-state index in [1.807, 2.05) is 0 Å². The van der Waals surface area contributed by atoms with Gasteiger partial charge >= 0.3 is 11.8 Å². The van der Waals surface area contributed by atoms with Gasteiger partial charge in [-0.25, -0.2) is 0 Å². The van der Waals surface area contributed by atoms with Gasteiger partial charge in [-0.2, -0.15) is 0 Å². The molecule has 0 spiro atoms. The molecule has 0 unspecified atom stereocenters. The highest BCUT2D eigenvalue weighted by atomic mass is 32.1. The molecule has 2 aromatic rings. The molecule has 3 rings (SSSR count). The van der Waals surface area contributed by atoms with Gasteiger partial charge in [0.2, 0.25) is 5.78 Å². The molecule has 1 aliphatic carbocycles. The minimum absolute atomic E-state index is 0.113. The maximum absolute atomic E-state index is 12.1. The van der Waals surface area contributed by atoms with Crippen LogP contribution in [-0.4, -0.2) is 23.6 Å². The van der Waals surface area contributed by atoms with E-state index in [1.54, 1.807) is 24.3 Å². The second kappa shape index (κ2) is 7.44. The summed E-state index contributed by atoms with van der Waals surface area (Å²) in [4.78, 5) is 37.1. The van der Waals surface area contributed by atoms with Crippen molar-refractivity contribution < 1.29 is 18.8 Å². The van der Waals surface area contributed by atoms with Crippen LogP contribution in [0.25, 0.3) is 0 Å². The third-order valence-electron chi connectivity index (χ3n) is 3.95. The molecule has 2 heterocycles. The highest BCUT2D eigenvalue weighted by Gasteiger charge is 2.21.